The van der Waals surface area contributed by atoms with Gasteiger partial charge in [0.25, 0.3) is 0 Å². The second-order valence-corrected chi connectivity index (χ2v) is 6.17. The van der Waals surface area contributed by atoms with Gasteiger partial charge in [0, 0.05) is 10.3 Å². The zero-order valence-corrected chi connectivity index (χ0v) is 12.6. The molecule has 1 N–H and O–H groups in total. The lowest BCUT2D eigenvalue weighted by atomic mass is 10.1. The summed E-state index contributed by atoms with van der Waals surface area (Å²) in [6.45, 7) is 6.21. The lowest BCUT2D eigenvalue weighted by molar-refractivity contribution is -0.119. The minimum atomic E-state index is -0.0521. The molecular weight excluding hydrogens is 266 g/mol. The van der Waals surface area contributed by atoms with Crippen LogP contribution in [0.15, 0.2) is 24.3 Å². The Morgan fingerprint density at radius 2 is 2.06 bits per heavy atom. The van der Waals surface area contributed by atoms with Gasteiger partial charge in [0.05, 0.1) is 11.8 Å². The zero-order chi connectivity index (χ0) is 13.5. The molecule has 1 rings (SSSR count). The second kappa shape index (κ2) is 7.70. The topological polar surface area (TPSA) is 29.1 Å². The highest BCUT2D eigenvalue weighted by Crippen LogP contribution is 2.22. The Bertz CT molecular complexity index is 397. The molecule has 4 heteroatoms. The maximum atomic E-state index is 11.8. The van der Waals surface area contributed by atoms with Gasteiger partial charge in [-0.1, -0.05) is 43.6 Å². The van der Waals surface area contributed by atoms with Crippen LogP contribution in [-0.2, 0) is 4.79 Å². The molecule has 1 aromatic rings. The van der Waals surface area contributed by atoms with Crippen molar-refractivity contribution in [1.29, 1.82) is 0 Å². The third-order valence-electron chi connectivity index (χ3n) is 2.82. The molecular formula is C14H20ClNOS. The van der Waals surface area contributed by atoms with Crippen molar-refractivity contribution in [3.05, 3.63) is 34.9 Å². The number of nitrogens with one attached hydrogen (secondary N) is 1. The highest BCUT2D eigenvalue weighted by atomic mass is 35.5. The van der Waals surface area contributed by atoms with Gasteiger partial charge < -0.3 is 5.32 Å². The van der Waals surface area contributed by atoms with Gasteiger partial charge in [-0.25, -0.2) is 0 Å². The Morgan fingerprint density at radius 1 is 1.39 bits per heavy atom. The van der Waals surface area contributed by atoms with Crippen molar-refractivity contribution < 1.29 is 4.79 Å². The summed E-state index contributed by atoms with van der Waals surface area (Å²) in [5.41, 5.74) is 0.959. The monoisotopic (exact) mass is 285 g/mol. The quantitative estimate of drug-likeness (QED) is 0.854. The number of rotatable bonds is 6. The number of carbonyl (C=O) groups excluding carboxylic acids is 1. The van der Waals surface area contributed by atoms with Crippen LogP contribution < -0.4 is 5.32 Å². The smallest absolute Gasteiger partial charge is 0.230 e. The van der Waals surface area contributed by atoms with E-state index in [9.17, 15) is 4.79 Å². The van der Waals surface area contributed by atoms with Crippen LogP contribution in [0.3, 0.4) is 0 Å². The molecule has 0 aliphatic rings. The van der Waals surface area contributed by atoms with Crippen molar-refractivity contribution in [1.82, 2.24) is 5.32 Å². The highest BCUT2D eigenvalue weighted by molar-refractivity contribution is 8.00. The van der Waals surface area contributed by atoms with Crippen molar-refractivity contribution in [2.45, 2.75) is 38.5 Å². The lowest BCUT2D eigenvalue weighted by Gasteiger charge is -2.16. The molecule has 0 fully saturated rings. The van der Waals surface area contributed by atoms with E-state index in [1.165, 1.54) is 0 Å². The van der Waals surface area contributed by atoms with Gasteiger partial charge in [0.1, 0.15) is 0 Å². The number of amides is 1. The molecule has 0 aliphatic carbocycles. The van der Waals surface area contributed by atoms with Gasteiger partial charge in [-0.05, 0) is 25.0 Å². The van der Waals surface area contributed by atoms with Crippen LogP contribution in [0.2, 0.25) is 5.02 Å². The molecule has 18 heavy (non-hydrogen) atoms. The van der Waals surface area contributed by atoms with Crippen LogP contribution in [0, 0.1) is 0 Å². The van der Waals surface area contributed by atoms with Crippen LogP contribution >= 0.6 is 23.4 Å². The van der Waals surface area contributed by atoms with Gasteiger partial charge in [0.2, 0.25) is 5.91 Å². The Hall–Kier alpha value is -0.670. The maximum Gasteiger partial charge on any atom is 0.230 e. The standard InChI is InChI=1S/C14H20ClNOS/c1-4-10(2)18-9-14(17)16-11(3)12-7-5-6-8-13(12)15/h5-8,10-11H,4,9H2,1-3H3,(H,16,17)/t10-,11-/m1/s1. The molecule has 1 aromatic carbocycles. The van der Waals surface area contributed by atoms with E-state index in [1.807, 2.05) is 31.2 Å². The van der Waals surface area contributed by atoms with Crippen molar-refractivity contribution in [3.8, 4) is 0 Å². The van der Waals surface area contributed by atoms with E-state index in [2.05, 4.69) is 19.2 Å². The fourth-order valence-corrected chi connectivity index (χ4v) is 2.58. The van der Waals surface area contributed by atoms with Crippen LogP contribution in [-0.4, -0.2) is 16.9 Å². The largest absolute Gasteiger partial charge is 0.349 e. The predicted octanol–water partition coefficient (Wildman–Crippen LogP) is 4.05. The average molecular weight is 286 g/mol. The lowest BCUT2D eigenvalue weighted by Crippen LogP contribution is -2.28. The minimum absolute atomic E-state index is 0.0521. The minimum Gasteiger partial charge on any atom is -0.349 e. The number of hydrogen-bond donors (Lipinski definition) is 1. The van der Waals surface area contributed by atoms with E-state index < -0.39 is 0 Å². The third kappa shape index (κ3) is 4.91. The molecule has 0 unspecified atom stereocenters. The van der Waals surface area contributed by atoms with Crippen LogP contribution in [0.4, 0.5) is 0 Å². The molecule has 2 atom stereocenters. The average Bonchev–Trinajstić information content (AvgIpc) is 2.36. The SMILES string of the molecule is CC[C@@H](C)SCC(=O)N[C@H](C)c1ccccc1Cl. The summed E-state index contributed by atoms with van der Waals surface area (Å²) in [5.74, 6) is 0.566. The summed E-state index contributed by atoms with van der Waals surface area (Å²) >= 11 is 7.78. The fraction of sp³-hybridized carbons (Fsp3) is 0.500. The normalized spacial score (nSPS) is 14.0. The molecule has 0 radical (unpaired) electrons. The Labute approximate surface area is 118 Å². The van der Waals surface area contributed by atoms with Crippen molar-refractivity contribution in [2.24, 2.45) is 0 Å². The first-order valence-corrected chi connectivity index (χ1v) is 7.62. The molecule has 100 valence electrons. The fourth-order valence-electron chi connectivity index (χ4n) is 1.52. The van der Waals surface area contributed by atoms with E-state index in [0.29, 0.717) is 16.0 Å². The van der Waals surface area contributed by atoms with E-state index in [1.54, 1.807) is 11.8 Å². The first-order valence-electron chi connectivity index (χ1n) is 6.20. The zero-order valence-electron chi connectivity index (χ0n) is 11.1. The third-order valence-corrected chi connectivity index (χ3v) is 4.50. The highest BCUT2D eigenvalue weighted by Gasteiger charge is 2.12. The number of halogens is 1. The van der Waals surface area contributed by atoms with Crippen LogP contribution in [0.5, 0.6) is 0 Å². The molecule has 0 heterocycles. The molecule has 2 nitrogen and oxygen atoms in total. The maximum absolute atomic E-state index is 11.8. The summed E-state index contributed by atoms with van der Waals surface area (Å²) in [4.78, 5) is 11.8. The second-order valence-electron chi connectivity index (χ2n) is 4.34. The summed E-state index contributed by atoms with van der Waals surface area (Å²) < 4.78 is 0. The summed E-state index contributed by atoms with van der Waals surface area (Å²) in [6.07, 6.45) is 1.08. The van der Waals surface area contributed by atoms with Crippen LogP contribution in [0.1, 0.15) is 38.8 Å². The first kappa shape index (κ1) is 15.4. The molecule has 0 bridgehead atoms. The van der Waals surface area contributed by atoms with Gasteiger partial charge >= 0.3 is 0 Å². The Kier molecular flexibility index (Phi) is 6.58. The molecule has 0 saturated heterocycles. The number of hydrogen-bond acceptors (Lipinski definition) is 2. The molecule has 0 saturated carbocycles. The van der Waals surface area contributed by atoms with Crippen molar-refractivity contribution in [3.63, 3.8) is 0 Å². The number of carbonyl (C=O) groups is 1. The van der Waals surface area contributed by atoms with Crippen molar-refractivity contribution in [2.75, 3.05) is 5.75 Å². The summed E-state index contributed by atoms with van der Waals surface area (Å²) in [6, 6.07) is 7.54. The molecule has 1 amide bonds. The van der Waals surface area contributed by atoms with E-state index in [0.717, 1.165) is 12.0 Å². The number of benzene rings is 1. The van der Waals surface area contributed by atoms with E-state index in [4.69, 9.17) is 11.6 Å². The molecule has 0 aliphatic heterocycles. The van der Waals surface area contributed by atoms with Gasteiger partial charge in [0.15, 0.2) is 0 Å². The van der Waals surface area contributed by atoms with Gasteiger partial charge in [-0.3, -0.25) is 4.79 Å². The summed E-state index contributed by atoms with van der Waals surface area (Å²) in [5, 5.41) is 4.19. The Morgan fingerprint density at radius 3 is 2.67 bits per heavy atom. The number of thioether (sulfide) groups is 1. The Balaban J connectivity index is 2.47. The summed E-state index contributed by atoms with van der Waals surface area (Å²) in [7, 11) is 0. The van der Waals surface area contributed by atoms with Gasteiger partial charge in [-0.15, -0.1) is 11.8 Å². The van der Waals surface area contributed by atoms with E-state index >= 15 is 0 Å². The first-order chi connectivity index (χ1) is 8.54. The van der Waals surface area contributed by atoms with Crippen LogP contribution in [0.25, 0.3) is 0 Å². The van der Waals surface area contributed by atoms with Gasteiger partial charge in [-0.2, -0.15) is 0 Å². The van der Waals surface area contributed by atoms with Crippen molar-refractivity contribution >= 4 is 29.3 Å². The predicted molar refractivity (Wildman–Crippen MR) is 80.2 cm³/mol. The van der Waals surface area contributed by atoms with E-state index in [-0.39, 0.29) is 11.9 Å². The molecule has 0 spiro atoms. The molecule has 0 aromatic heterocycles.